The normalized spacial score (nSPS) is 18.7. The van der Waals surface area contributed by atoms with Gasteiger partial charge in [-0.15, -0.1) is 24.0 Å². The lowest BCUT2D eigenvalue weighted by atomic mass is 9.97. The van der Waals surface area contributed by atoms with Crippen molar-refractivity contribution in [1.82, 2.24) is 15.5 Å². The van der Waals surface area contributed by atoms with Crippen molar-refractivity contribution >= 4 is 29.9 Å². The quantitative estimate of drug-likeness (QED) is 0.374. The summed E-state index contributed by atoms with van der Waals surface area (Å²) in [5.41, 5.74) is 1.36. The Morgan fingerprint density at radius 3 is 2.68 bits per heavy atom. The van der Waals surface area contributed by atoms with Crippen LogP contribution in [-0.4, -0.2) is 50.6 Å². The largest absolute Gasteiger partial charge is 0.356 e. The second kappa shape index (κ2) is 12.5. The monoisotopic (exact) mass is 458 g/mol. The van der Waals surface area contributed by atoms with E-state index >= 15 is 0 Å². The molecule has 0 radical (unpaired) electrons. The fourth-order valence-electron chi connectivity index (χ4n) is 3.43. The molecule has 1 heterocycles. The Hall–Kier alpha value is -0.820. The molecular weight excluding hydrogens is 423 g/mol. The minimum absolute atomic E-state index is 0. The third-order valence-corrected chi connectivity index (χ3v) is 4.56. The van der Waals surface area contributed by atoms with Crippen molar-refractivity contribution in [2.45, 2.75) is 33.1 Å². The molecule has 1 unspecified atom stereocenters. The molecule has 2 N–H and O–H groups in total. The van der Waals surface area contributed by atoms with Crippen molar-refractivity contribution in [1.29, 1.82) is 0 Å². The van der Waals surface area contributed by atoms with Crippen LogP contribution >= 0.6 is 24.0 Å². The molecule has 1 atom stereocenters. The number of nitrogens with zero attached hydrogens (tertiary/aromatic N) is 2. The number of nitrogens with one attached hydrogen (secondary N) is 2. The number of hydrogen-bond acceptors (Lipinski definition) is 2. The van der Waals surface area contributed by atoms with Gasteiger partial charge in [0.25, 0.3) is 0 Å². The molecule has 0 aromatic heterocycles. The van der Waals surface area contributed by atoms with Crippen molar-refractivity contribution in [2.24, 2.45) is 16.8 Å². The van der Waals surface area contributed by atoms with Crippen LogP contribution in [0.15, 0.2) is 35.3 Å². The van der Waals surface area contributed by atoms with Crippen molar-refractivity contribution in [2.75, 3.05) is 39.8 Å². The van der Waals surface area contributed by atoms with Gasteiger partial charge < -0.3 is 15.5 Å². The maximum absolute atomic E-state index is 4.35. The molecule has 1 fully saturated rings. The van der Waals surface area contributed by atoms with E-state index in [-0.39, 0.29) is 24.0 Å². The highest BCUT2D eigenvalue weighted by atomic mass is 127. The molecule has 5 heteroatoms. The van der Waals surface area contributed by atoms with E-state index in [1.807, 2.05) is 7.05 Å². The van der Waals surface area contributed by atoms with E-state index in [0.29, 0.717) is 0 Å². The van der Waals surface area contributed by atoms with Crippen LogP contribution in [0.5, 0.6) is 0 Å². The number of halogens is 1. The summed E-state index contributed by atoms with van der Waals surface area (Å²) in [5, 5.41) is 6.94. The Bertz CT molecular complexity index is 490. The van der Waals surface area contributed by atoms with Crippen molar-refractivity contribution < 1.29 is 0 Å². The SMILES string of the molecule is CN=C(NCCc1ccccc1)NCC1CCCN(CC(C)C)C1.I. The lowest BCUT2D eigenvalue weighted by Gasteiger charge is -2.34. The Morgan fingerprint density at radius 2 is 2.00 bits per heavy atom. The summed E-state index contributed by atoms with van der Waals surface area (Å²) in [7, 11) is 1.85. The van der Waals surface area contributed by atoms with E-state index in [9.17, 15) is 0 Å². The van der Waals surface area contributed by atoms with Gasteiger partial charge in [-0.3, -0.25) is 4.99 Å². The van der Waals surface area contributed by atoms with E-state index in [1.165, 1.54) is 38.0 Å². The molecule has 4 nitrogen and oxygen atoms in total. The zero-order chi connectivity index (χ0) is 17.2. The molecule has 1 saturated heterocycles. The first-order valence-corrected chi connectivity index (χ1v) is 9.38. The average molecular weight is 458 g/mol. The highest BCUT2D eigenvalue weighted by molar-refractivity contribution is 14.0. The summed E-state index contributed by atoms with van der Waals surface area (Å²) in [4.78, 5) is 6.97. The van der Waals surface area contributed by atoms with Crippen molar-refractivity contribution in [3.8, 4) is 0 Å². The Balaban J connectivity index is 0.00000312. The van der Waals surface area contributed by atoms with Gasteiger partial charge in [0.2, 0.25) is 0 Å². The van der Waals surface area contributed by atoms with Crippen LogP contribution in [0.25, 0.3) is 0 Å². The molecular formula is C20H35IN4. The summed E-state index contributed by atoms with van der Waals surface area (Å²) < 4.78 is 0. The lowest BCUT2D eigenvalue weighted by molar-refractivity contribution is 0.159. The number of benzene rings is 1. The fraction of sp³-hybridized carbons (Fsp3) is 0.650. The zero-order valence-electron chi connectivity index (χ0n) is 16.0. The molecule has 1 aromatic carbocycles. The topological polar surface area (TPSA) is 39.7 Å². The Kier molecular flexibility index (Phi) is 11.1. The van der Waals surface area contributed by atoms with Gasteiger partial charge in [0.1, 0.15) is 0 Å². The number of rotatable bonds is 7. The smallest absolute Gasteiger partial charge is 0.190 e. The minimum Gasteiger partial charge on any atom is -0.356 e. The minimum atomic E-state index is 0. The van der Waals surface area contributed by atoms with Gasteiger partial charge in [-0.25, -0.2) is 0 Å². The molecule has 25 heavy (non-hydrogen) atoms. The van der Waals surface area contributed by atoms with Crippen LogP contribution in [0.2, 0.25) is 0 Å². The zero-order valence-corrected chi connectivity index (χ0v) is 18.3. The molecule has 0 bridgehead atoms. The van der Waals surface area contributed by atoms with Crippen LogP contribution in [0.1, 0.15) is 32.3 Å². The molecule has 2 rings (SSSR count). The number of hydrogen-bond donors (Lipinski definition) is 2. The Morgan fingerprint density at radius 1 is 1.24 bits per heavy atom. The van der Waals surface area contributed by atoms with Crippen LogP contribution in [0.4, 0.5) is 0 Å². The van der Waals surface area contributed by atoms with Crippen LogP contribution < -0.4 is 10.6 Å². The molecule has 1 aliphatic rings. The van der Waals surface area contributed by atoms with E-state index in [4.69, 9.17) is 0 Å². The summed E-state index contributed by atoms with van der Waals surface area (Å²) in [6.45, 7) is 10.2. The van der Waals surface area contributed by atoms with Crippen molar-refractivity contribution in [3.63, 3.8) is 0 Å². The van der Waals surface area contributed by atoms with E-state index in [1.54, 1.807) is 0 Å². The molecule has 142 valence electrons. The molecule has 0 aliphatic carbocycles. The number of aliphatic imine (C=N–C) groups is 1. The van der Waals surface area contributed by atoms with Gasteiger partial charge in [0.15, 0.2) is 5.96 Å². The maximum atomic E-state index is 4.35. The van der Waals surface area contributed by atoms with Gasteiger partial charge >= 0.3 is 0 Å². The van der Waals surface area contributed by atoms with Crippen molar-refractivity contribution in [3.05, 3.63) is 35.9 Å². The van der Waals surface area contributed by atoms with Gasteiger partial charge in [-0.1, -0.05) is 44.2 Å². The van der Waals surface area contributed by atoms with Crippen LogP contribution in [-0.2, 0) is 6.42 Å². The lowest BCUT2D eigenvalue weighted by Crippen LogP contribution is -2.45. The standard InChI is InChI=1S/C20H34N4.HI/c1-17(2)15-24-13-7-10-19(16-24)14-23-20(21-3)22-12-11-18-8-5-4-6-9-18;/h4-6,8-9,17,19H,7,10-16H2,1-3H3,(H2,21,22,23);1H. The molecule has 0 amide bonds. The fourth-order valence-corrected chi connectivity index (χ4v) is 3.43. The molecule has 0 saturated carbocycles. The molecule has 1 aromatic rings. The summed E-state index contributed by atoms with van der Waals surface area (Å²) in [5.74, 6) is 2.40. The van der Waals surface area contributed by atoms with Gasteiger partial charge in [-0.2, -0.15) is 0 Å². The number of likely N-dealkylation sites (tertiary alicyclic amines) is 1. The predicted molar refractivity (Wildman–Crippen MR) is 119 cm³/mol. The maximum Gasteiger partial charge on any atom is 0.190 e. The summed E-state index contributed by atoms with van der Waals surface area (Å²) in [6, 6.07) is 10.6. The molecule has 1 aliphatic heterocycles. The first-order valence-electron chi connectivity index (χ1n) is 9.38. The third-order valence-electron chi connectivity index (χ3n) is 4.56. The van der Waals surface area contributed by atoms with Crippen LogP contribution in [0, 0.1) is 11.8 Å². The van der Waals surface area contributed by atoms with E-state index in [2.05, 4.69) is 64.7 Å². The second-order valence-electron chi connectivity index (χ2n) is 7.28. The van der Waals surface area contributed by atoms with Gasteiger partial charge in [-0.05, 0) is 43.2 Å². The first kappa shape index (κ1) is 22.2. The Labute approximate surface area is 170 Å². The van der Waals surface area contributed by atoms with Gasteiger partial charge in [0.05, 0.1) is 0 Å². The van der Waals surface area contributed by atoms with E-state index < -0.39 is 0 Å². The number of piperidine rings is 1. The molecule has 0 spiro atoms. The number of guanidine groups is 1. The highest BCUT2D eigenvalue weighted by Crippen LogP contribution is 2.16. The third kappa shape index (κ3) is 8.90. The second-order valence-corrected chi connectivity index (χ2v) is 7.28. The van der Waals surface area contributed by atoms with Gasteiger partial charge in [0, 0.05) is 33.2 Å². The highest BCUT2D eigenvalue weighted by Gasteiger charge is 2.20. The summed E-state index contributed by atoms with van der Waals surface area (Å²) >= 11 is 0. The predicted octanol–water partition coefficient (Wildman–Crippen LogP) is 3.38. The van der Waals surface area contributed by atoms with E-state index in [0.717, 1.165) is 37.3 Å². The summed E-state index contributed by atoms with van der Waals surface area (Å²) in [6.07, 6.45) is 3.66. The average Bonchev–Trinajstić information content (AvgIpc) is 2.58. The first-order chi connectivity index (χ1) is 11.7. The van der Waals surface area contributed by atoms with Crippen LogP contribution in [0.3, 0.4) is 0 Å².